The molecule has 0 aliphatic carbocycles. The zero-order chi connectivity index (χ0) is 28.8. The lowest BCUT2D eigenvalue weighted by Crippen LogP contribution is -2.53. The Morgan fingerprint density at radius 3 is 2.73 bits per heavy atom. The Labute approximate surface area is 229 Å². The predicted octanol–water partition coefficient (Wildman–Crippen LogP) is 3.96. The highest BCUT2D eigenvalue weighted by atomic mass is 19.1. The summed E-state index contributed by atoms with van der Waals surface area (Å²) in [6, 6.07) is 10.5. The van der Waals surface area contributed by atoms with Crippen LogP contribution in [-0.4, -0.2) is 63.8 Å². The maximum atomic E-state index is 14.3. The van der Waals surface area contributed by atoms with Crippen LogP contribution in [0.25, 0.3) is 10.9 Å². The average molecular weight is 550 g/mol. The summed E-state index contributed by atoms with van der Waals surface area (Å²) in [4.78, 5) is 46.1. The number of nitrogens with zero attached hydrogens (tertiary/aromatic N) is 3. The highest BCUT2D eigenvalue weighted by molar-refractivity contribution is 6.02. The molecule has 1 aromatic heterocycles. The summed E-state index contributed by atoms with van der Waals surface area (Å²) in [6.07, 6.45) is 0.248. The molecule has 0 bridgehead atoms. The number of H-pyrrole nitrogens is 1. The fourth-order valence-electron chi connectivity index (χ4n) is 5.44. The monoisotopic (exact) mass is 549 g/mol. The third-order valence-corrected chi connectivity index (χ3v) is 7.59. The molecule has 3 heterocycles. The molecular formula is C29H29F2N5O4. The molecule has 0 unspecified atom stereocenters. The molecule has 9 nitrogen and oxygen atoms in total. The zero-order valence-electron chi connectivity index (χ0n) is 22.3. The van der Waals surface area contributed by atoms with Gasteiger partial charge in [-0.25, -0.2) is 8.78 Å². The molecule has 1 spiro atoms. The van der Waals surface area contributed by atoms with Crippen molar-refractivity contribution in [3.63, 3.8) is 0 Å². The Kier molecular flexibility index (Phi) is 7.06. The van der Waals surface area contributed by atoms with E-state index >= 15 is 0 Å². The number of ether oxygens (including phenoxy) is 1. The van der Waals surface area contributed by atoms with Crippen molar-refractivity contribution in [2.24, 2.45) is 5.92 Å². The number of carbonyl (C=O) groups excluding carboxylic acids is 3. The molecule has 5 rings (SSSR count). The van der Waals surface area contributed by atoms with Crippen molar-refractivity contribution >= 4 is 34.3 Å². The van der Waals surface area contributed by atoms with Crippen LogP contribution in [0.4, 0.5) is 14.5 Å². The van der Waals surface area contributed by atoms with Gasteiger partial charge in [0.1, 0.15) is 29.4 Å². The van der Waals surface area contributed by atoms with E-state index < -0.39 is 47.0 Å². The number of hydrogen-bond donors (Lipinski definition) is 2. The molecule has 2 aromatic carbocycles. The van der Waals surface area contributed by atoms with Crippen LogP contribution in [0.1, 0.15) is 42.7 Å². The van der Waals surface area contributed by atoms with Gasteiger partial charge in [-0.2, -0.15) is 5.26 Å². The van der Waals surface area contributed by atoms with E-state index in [1.54, 1.807) is 12.1 Å². The van der Waals surface area contributed by atoms with Gasteiger partial charge in [-0.15, -0.1) is 0 Å². The number of aromatic nitrogens is 1. The second-order valence-electron chi connectivity index (χ2n) is 10.8. The molecule has 3 atom stereocenters. The first-order chi connectivity index (χ1) is 19.0. The van der Waals surface area contributed by atoms with Crippen molar-refractivity contribution in [2.45, 2.75) is 51.0 Å². The van der Waals surface area contributed by atoms with Gasteiger partial charge in [-0.05, 0) is 30.5 Å². The van der Waals surface area contributed by atoms with Gasteiger partial charge in [-0.3, -0.25) is 14.4 Å². The first-order valence-corrected chi connectivity index (χ1v) is 13.0. The molecular weight excluding hydrogens is 520 g/mol. The summed E-state index contributed by atoms with van der Waals surface area (Å²) in [5.41, 5.74) is 0.0646. The molecule has 2 aliphatic heterocycles. The Balaban J connectivity index is 1.42. The quantitative estimate of drug-likeness (QED) is 0.500. The number of para-hydroxylation sites is 1. The van der Waals surface area contributed by atoms with E-state index in [0.717, 1.165) is 17.7 Å². The summed E-state index contributed by atoms with van der Waals surface area (Å²) in [7, 11) is 1.45. The standard InChI is InChI=1S/C29H29F2N5O4/c1-16(2)8-25(35(3)26(37)24-11-20-21(31)9-18(30)10-23(20)33-24)27(38)36-15-29(12-19(36)13-32)28(39)34-22-7-5-4-6-17(22)14-40-29/h4-7,9-11,16,19,25,33H,8,12,14-15H2,1-3H3,(H,34,39)/t19-,25-,29+/m0/s1. The number of nitrogens with one attached hydrogen (secondary N) is 2. The van der Waals surface area contributed by atoms with Crippen LogP contribution < -0.4 is 5.32 Å². The Bertz CT molecular complexity index is 1550. The molecule has 40 heavy (non-hydrogen) atoms. The largest absolute Gasteiger partial charge is 0.358 e. The van der Waals surface area contributed by atoms with Gasteiger partial charge in [0.2, 0.25) is 5.91 Å². The van der Waals surface area contributed by atoms with Crippen LogP contribution in [0.15, 0.2) is 42.5 Å². The van der Waals surface area contributed by atoms with Crippen molar-refractivity contribution in [3.05, 3.63) is 65.4 Å². The third kappa shape index (κ3) is 4.79. The van der Waals surface area contributed by atoms with Crippen LogP contribution in [0.3, 0.4) is 0 Å². The highest BCUT2D eigenvalue weighted by Crippen LogP contribution is 2.37. The van der Waals surface area contributed by atoms with Gasteiger partial charge < -0.3 is 24.8 Å². The van der Waals surface area contributed by atoms with Gasteiger partial charge in [0, 0.05) is 36.2 Å². The number of nitriles is 1. The van der Waals surface area contributed by atoms with Gasteiger partial charge in [0.15, 0.2) is 5.60 Å². The minimum Gasteiger partial charge on any atom is -0.358 e. The predicted molar refractivity (Wildman–Crippen MR) is 142 cm³/mol. The van der Waals surface area contributed by atoms with Gasteiger partial charge in [0.25, 0.3) is 11.8 Å². The number of anilines is 1. The minimum atomic E-state index is -1.43. The van der Waals surface area contributed by atoms with E-state index in [1.807, 2.05) is 26.0 Å². The van der Waals surface area contributed by atoms with E-state index in [0.29, 0.717) is 5.69 Å². The lowest BCUT2D eigenvalue weighted by Gasteiger charge is -2.33. The summed E-state index contributed by atoms with van der Waals surface area (Å²) in [5.74, 6) is -3.15. The second-order valence-corrected chi connectivity index (χ2v) is 10.8. The highest BCUT2D eigenvalue weighted by Gasteiger charge is 2.54. The number of carbonyl (C=O) groups is 3. The maximum absolute atomic E-state index is 14.3. The van der Waals surface area contributed by atoms with Crippen molar-refractivity contribution < 1.29 is 27.9 Å². The summed E-state index contributed by atoms with van der Waals surface area (Å²) in [5, 5.41) is 12.9. The van der Waals surface area contributed by atoms with Gasteiger partial charge in [0.05, 0.1) is 24.7 Å². The Morgan fingerprint density at radius 2 is 2.00 bits per heavy atom. The number of aromatic amines is 1. The number of benzene rings is 2. The van der Waals surface area contributed by atoms with Crippen molar-refractivity contribution in [1.29, 1.82) is 5.26 Å². The Hall–Kier alpha value is -4.30. The summed E-state index contributed by atoms with van der Waals surface area (Å²) in [6.45, 7) is 3.76. The first kappa shape index (κ1) is 27.3. The fourth-order valence-corrected chi connectivity index (χ4v) is 5.44. The second kappa shape index (κ2) is 10.4. The van der Waals surface area contributed by atoms with E-state index in [1.165, 1.54) is 22.9 Å². The smallest absolute Gasteiger partial charge is 0.270 e. The number of fused-ring (bicyclic) bond motifs is 2. The molecule has 11 heteroatoms. The number of hydrogen-bond acceptors (Lipinski definition) is 5. The molecule has 1 saturated heterocycles. The topological polar surface area (TPSA) is 119 Å². The normalized spacial score (nSPS) is 21.2. The van der Waals surface area contributed by atoms with E-state index in [2.05, 4.69) is 16.4 Å². The van der Waals surface area contributed by atoms with Crippen LogP contribution in [0.5, 0.6) is 0 Å². The third-order valence-electron chi connectivity index (χ3n) is 7.59. The maximum Gasteiger partial charge on any atom is 0.270 e. The van der Waals surface area contributed by atoms with E-state index in [9.17, 15) is 28.4 Å². The number of rotatable bonds is 5. The number of halogens is 2. The number of amides is 3. The SMILES string of the molecule is CC(C)C[C@@H](C(=O)N1C[C@@]2(C[C@H]1C#N)OCc1ccccc1NC2=O)N(C)C(=O)c1cc2c(F)cc(F)cc2[nH]1. The van der Waals surface area contributed by atoms with Crippen molar-refractivity contribution in [3.8, 4) is 6.07 Å². The van der Waals surface area contributed by atoms with E-state index in [-0.39, 0.29) is 48.5 Å². The molecule has 3 aromatic rings. The molecule has 2 N–H and O–H groups in total. The summed E-state index contributed by atoms with van der Waals surface area (Å²) < 4.78 is 34.1. The molecule has 2 aliphatic rings. The van der Waals surface area contributed by atoms with Crippen LogP contribution in [0.2, 0.25) is 0 Å². The van der Waals surface area contributed by atoms with Crippen LogP contribution in [0, 0.1) is 28.9 Å². The first-order valence-electron chi connectivity index (χ1n) is 13.0. The van der Waals surface area contributed by atoms with Crippen LogP contribution >= 0.6 is 0 Å². The van der Waals surface area contributed by atoms with E-state index in [4.69, 9.17) is 4.74 Å². The molecule has 208 valence electrons. The molecule has 0 saturated carbocycles. The fraction of sp³-hybridized carbons (Fsp3) is 0.379. The lowest BCUT2D eigenvalue weighted by atomic mass is 9.99. The number of likely N-dealkylation sites (N-methyl/N-ethyl adjacent to an activating group) is 1. The molecule has 1 fully saturated rings. The number of likely N-dealkylation sites (tertiary alicyclic amines) is 1. The Morgan fingerprint density at radius 1 is 1.25 bits per heavy atom. The average Bonchev–Trinajstić information content (AvgIpc) is 3.49. The van der Waals surface area contributed by atoms with Crippen molar-refractivity contribution in [2.75, 3.05) is 18.9 Å². The van der Waals surface area contributed by atoms with Crippen LogP contribution in [-0.2, 0) is 20.9 Å². The molecule has 0 radical (unpaired) electrons. The zero-order valence-corrected chi connectivity index (χ0v) is 22.3. The molecule has 3 amide bonds. The summed E-state index contributed by atoms with van der Waals surface area (Å²) >= 11 is 0. The van der Waals surface area contributed by atoms with Crippen molar-refractivity contribution in [1.82, 2.24) is 14.8 Å². The van der Waals surface area contributed by atoms with Gasteiger partial charge in [-0.1, -0.05) is 32.0 Å². The minimum absolute atomic E-state index is 0.0116. The van der Waals surface area contributed by atoms with Gasteiger partial charge >= 0.3 is 0 Å². The lowest BCUT2D eigenvalue weighted by molar-refractivity contribution is -0.144.